The first-order valence-electron chi connectivity index (χ1n) is 8.62. The zero-order valence-electron chi connectivity index (χ0n) is 14.4. The highest BCUT2D eigenvalue weighted by molar-refractivity contribution is 7.91. The monoisotopic (exact) mass is 365 g/mol. The summed E-state index contributed by atoms with van der Waals surface area (Å²) in [6, 6.07) is 17.1. The third-order valence-electron chi connectivity index (χ3n) is 4.71. The third kappa shape index (κ3) is 3.20. The molecule has 0 amide bonds. The lowest BCUT2D eigenvalue weighted by molar-refractivity contribution is 0.103. The van der Waals surface area contributed by atoms with Gasteiger partial charge >= 0.3 is 0 Å². The van der Waals surface area contributed by atoms with Crippen molar-refractivity contribution >= 4 is 17.0 Å². The third-order valence-corrected chi connectivity index (χ3v) is 5.90. The molecule has 4 nitrogen and oxygen atoms in total. The summed E-state index contributed by atoms with van der Waals surface area (Å²) < 4.78 is 17.9. The van der Waals surface area contributed by atoms with Gasteiger partial charge in [0.15, 0.2) is 16.8 Å². The smallest absolute Gasteiger partial charge is 0.198 e. The summed E-state index contributed by atoms with van der Waals surface area (Å²) >= 11 is -1.17. The topological polar surface area (TPSA) is 66.2 Å². The summed E-state index contributed by atoms with van der Waals surface area (Å²) in [5.74, 6) is 0.864. The van der Waals surface area contributed by atoms with Crippen LogP contribution in [0.1, 0.15) is 56.8 Å². The van der Waals surface area contributed by atoms with Gasteiger partial charge in [-0.15, -0.1) is 0 Å². The molecule has 5 heteroatoms. The van der Waals surface area contributed by atoms with Gasteiger partial charge in [0.05, 0.1) is 18.0 Å². The van der Waals surface area contributed by atoms with Crippen molar-refractivity contribution in [3.63, 3.8) is 0 Å². The fourth-order valence-electron chi connectivity index (χ4n) is 3.31. The van der Waals surface area contributed by atoms with E-state index in [9.17, 15) is 9.35 Å². The molecule has 2 atom stereocenters. The van der Waals surface area contributed by atoms with Gasteiger partial charge in [0.2, 0.25) is 0 Å². The maximum absolute atomic E-state index is 13.2. The Morgan fingerprint density at radius 2 is 1.81 bits per heavy atom. The van der Waals surface area contributed by atoms with E-state index >= 15 is 0 Å². The molecule has 26 heavy (non-hydrogen) atoms. The maximum Gasteiger partial charge on any atom is 0.198 e. The Bertz CT molecular complexity index is 916. The lowest BCUT2D eigenvalue weighted by Crippen LogP contribution is -2.17. The molecule has 0 radical (unpaired) electrons. The highest BCUT2D eigenvalue weighted by Gasteiger charge is 2.34. The first-order valence-corrected chi connectivity index (χ1v) is 10.2. The van der Waals surface area contributed by atoms with Gasteiger partial charge in [-0.1, -0.05) is 59.8 Å². The van der Waals surface area contributed by atoms with E-state index in [1.165, 1.54) is 6.20 Å². The lowest BCUT2D eigenvalue weighted by Gasteiger charge is -2.21. The van der Waals surface area contributed by atoms with Crippen LogP contribution in [0.25, 0.3) is 0 Å². The molecule has 1 heterocycles. The van der Waals surface area contributed by atoms with E-state index in [2.05, 4.69) is 5.16 Å². The Kier molecular flexibility index (Phi) is 4.66. The largest absolute Gasteiger partial charge is 0.616 e. The SMILES string of the molecule is C[S+]([O-])C(c1ccccc1)c1ccccc1C(=O)c1cnoc1C1CC1. The Labute approximate surface area is 155 Å². The number of rotatable bonds is 6. The minimum Gasteiger partial charge on any atom is -0.616 e. The van der Waals surface area contributed by atoms with Crippen molar-refractivity contribution in [2.75, 3.05) is 6.26 Å². The molecular formula is C21H19NO3S. The number of benzene rings is 2. The van der Waals surface area contributed by atoms with Gasteiger partial charge in [-0.25, -0.2) is 0 Å². The Morgan fingerprint density at radius 3 is 2.50 bits per heavy atom. The average Bonchev–Trinajstić information content (AvgIpc) is 3.39. The maximum atomic E-state index is 13.2. The quantitative estimate of drug-likeness (QED) is 0.484. The van der Waals surface area contributed by atoms with Crippen LogP contribution in [-0.4, -0.2) is 21.7 Å². The van der Waals surface area contributed by atoms with Crippen molar-refractivity contribution in [3.8, 4) is 0 Å². The molecule has 1 aliphatic carbocycles. The molecule has 0 N–H and O–H groups in total. The van der Waals surface area contributed by atoms with E-state index in [4.69, 9.17) is 4.52 Å². The number of carbonyl (C=O) groups is 1. The van der Waals surface area contributed by atoms with Crippen LogP contribution in [0.3, 0.4) is 0 Å². The molecule has 2 aromatic carbocycles. The van der Waals surface area contributed by atoms with Crippen LogP contribution in [0, 0.1) is 0 Å². The van der Waals surface area contributed by atoms with E-state index < -0.39 is 11.2 Å². The van der Waals surface area contributed by atoms with E-state index in [1.54, 1.807) is 12.3 Å². The van der Waals surface area contributed by atoms with Crippen molar-refractivity contribution in [1.29, 1.82) is 0 Å². The van der Waals surface area contributed by atoms with Crippen molar-refractivity contribution in [2.24, 2.45) is 0 Å². The minimum absolute atomic E-state index is 0.116. The molecule has 2 unspecified atom stereocenters. The highest BCUT2D eigenvalue weighted by Crippen LogP contribution is 2.42. The Balaban J connectivity index is 1.79. The van der Waals surface area contributed by atoms with Crippen LogP contribution in [0.2, 0.25) is 0 Å². The van der Waals surface area contributed by atoms with E-state index in [0.717, 1.165) is 24.0 Å². The van der Waals surface area contributed by atoms with E-state index in [-0.39, 0.29) is 11.0 Å². The van der Waals surface area contributed by atoms with E-state index in [1.807, 2.05) is 48.5 Å². The first-order chi connectivity index (χ1) is 12.7. The Hall–Kier alpha value is -2.37. The second-order valence-corrected chi connectivity index (χ2v) is 8.05. The summed E-state index contributed by atoms with van der Waals surface area (Å²) in [4.78, 5) is 13.2. The molecule has 1 saturated carbocycles. The zero-order valence-corrected chi connectivity index (χ0v) is 15.2. The second-order valence-electron chi connectivity index (χ2n) is 6.58. The summed E-state index contributed by atoms with van der Waals surface area (Å²) in [6.45, 7) is 0. The van der Waals surface area contributed by atoms with Gasteiger partial charge in [0, 0.05) is 22.6 Å². The molecule has 132 valence electrons. The molecule has 3 aromatic rings. The first kappa shape index (κ1) is 17.1. The molecular weight excluding hydrogens is 346 g/mol. The number of aromatic nitrogens is 1. The number of hydrogen-bond acceptors (Lipinski definition) is 4. The second kappa shape index (κ2) is 7.09. The normalized spacial score (nSPS) is 16.2. The number of ketones is 1. The van der Waals surface area contributed by atoms with Gasteiger partial charge in [-0.2, -0.15) is 0 Å². The predicted molar refractivity (Wildman–Crippen MR) is 101 cm³/mol. The van der Waals surface area contributed by atoms with E-state index in [0.29, 0.717) is 22.8 Å². The van der Waals surface area contributed by atoms with Gasteiger partial charge in [0.1, 0.15) is 0 Å². The van der Waals surface area contributed by atoms with Crippen molar-refractivity contribution in [2.45, 2.75) is 24.0 Å². The van der Waals surface area contributed by atoms with Crippen LogP contribution < -0.4 is 0 Å². The predicted octanol–water partition coefficient (Wildman–Crippen LogP) is 4.25. The summed E-state index contributed by atoms with van der Waals surface area (Å²) in [5, 5.41) is 3.48. The molecule has 1 aromatic heterocycles. The lowest BCUT2D eigenvalue weighted by atomic mass is 9.93. The highest BCUT2D eigenvalue weighted by atomic mass is 32.2. The fourth-order valence-corrected chi connectivity index (χ4v) is 4.42. The molecule has 0 aliphatic heterocycles. The molecule has 1 aliphatic rings. The van der Waals surface area contributed by atoms with Crippen LogP contribution >= 0.6 is 0 Å². The molecule has 0 saturated heterocycles. The van der Waals surface area contributed by atoms with Gasteiger partial charge in [-0.05, 0) is 24.0 Å². The Morgan fingerprint density at radius 1 is 1.12 bits per heavy atom. The number of hydrogen-bond donors (Lipinski definition) is 0. The summed E-state index contributed by atoms with van der Waals surface area (Å²) in [5.41, 5.74) is 2.78. The van der Waals surface area contributed by atoms with Crippen molar-refractivity contribution in [3.05, 3.63) is 88.8 Å². The summed E-state index contributed by atoms with van der Waals surface area (Å²) in [6.07, 6.45) is 5.24. The summed E-state index contributed by atoms with van der Waals surface area (Å²) in [7, 11) is 0. The van der Waals surface area contributed by atoms with Crippen LogP contribution in [0.4, 0.5) is 0 Å². The van der Waals surface area contributed by atoms with Crippen LogP contribution in [0.15, 0.2) is 65.3 Å². The number of nitrogens with zero attached hydrogens (tertiary/aromatic N) is 1. The molecule has 1 fully saturated rings. The number of carbonyl (C=O) groups excluding carboxylic acids is 1. The van der Waals surface area contributed by atoms with Gasteiger partial charge < -0.3 is 9.08 Å². The zero-order chi connectivity index (χ0) is 18.1. The molecule has 0 bridgehead atoms. The van der Waals surface area contributed by atoms with Crippen LogP contribution in [0.5, 0.6) is 0 Å². The van der Waals surface area contributed by atoms with Crippen molar-refractivity contribution in [1.82, 2.24) is 5.16 Å². The standard InChI is InChI=1S/C21H19NO3S/c1-26(24)21(15-7-3-2-4-8-15)17-10-6-5-9-16(17)19(23)18-13-22-25-20(18)14-11-12-14/h2-10,13-14,21H,11-12H2,1H3. The molecule has 4 rings (SSSR count). The van der Waals surface area contributed by atoms with Crippen molar-refractivity contribution < 1.29 is 13.9 Å². The van der Waals surface area contributed by atoms with Crippen LogP contribution in [-0.2, 0) is 11.2 Å². The fraction of sp³-hybridized carbons (Fsp3) is 0.238. The van der Waals surface area contributed by atoms with Gasteiger partial charge in [-0.3, -0.25) is 4.79 Å². The minimum atomic E-state index is -1.17. The average molecular weight is 365 g/mol. The molecule has 0 spiro atoms. The van der Waals surface area contributed by atoms with Gasteiger partial charge in [0.25, 0.3) is 0 Å².